The lowest BCUT2D eigenvalue weighted by atomic mass is 9.84. The Kier molecular flexibility index (Phi) is 2.78. The highest BCUT2D eigenvalue weighted by Gasteiger charge is 2.28. The zero-order valence-electron chi connectivity index (χ0n) is 9.12. The molecule has 3 nitrogen and oxygen atoms in total. The number of fused-ring (bicyclic) bond motifs is 1. The fourth-order valence-electron chi connectivity index (χ4n) is 2.26. The number of rotatable bonds is 2. The summed E-state index contributed by atoms with van der Waals surface area (Å²) in [4.78, 5) is 16.8. The van der Waals surface area contributed by atoms with E-state index in [-0.39, 0.29) is 5.78 Å². The van der Waals surface area contributed by atoms with Crippen molar-refractivity contribution in [2.75, 3.05) is 5.73 Å². The highest BCUT2D eigenvalue weighted by molar-refractivity contribution is 7.17. The lowest BCUT2D eigenvalue weighted by Crippen LogP contribution is -2.20. The number of hydrogen-bond donors (Lipinski definition) is 1. The average Bonchev–Trinajstić information content (AvgIpc) is 2.44. The lowest BCUT2D eigenvalue weighted by Gasteiger charge is -2.21. The quantitative estimate of drug-likeness (QED) is 0.839. The van der Waals surface area contributed by atoms with Gasteiger partial charge in [-0.3, -0.25) is 4.79 Å². The molecule has 0 amide bonds. The van der Waals surface area contributed by atoms with Crippen LogP contribution in [0.4, 0.5) is 5.13 Å². The normalized spacial score (nSPS) is 20.7. The molecule has 0 unspecified atom stereocenters. The molecule has 2 N–H and O–H groups in total. The molecule has 0 spiro atoms. The molecule has 0 bridgehead atoms. The van der Waals surface area contributed by atoms with Crippen molar-refractivity contribution in [3.8, 4) is 0 Å². The minimum atomic E-state index is 0.233. The zero-order chi connectivity index (χ0) is 11.0. The molecule has 0 saturated heterocycles. The van der Waals surface area contributed by atoms with Gasteiger partial charge in [-0.2, -0.15) is 0 Å². The highest BCUT2D eigenvalue weighted by atomic mass is 32.1. The molecule has 0 radical (unpaired) electrons. The fourth-order valence-corrected chi connectivity index (χ4v) is 3.07. The third-order valence-corrected chi connectivity index (χ3v) is 3.70. The molecule has 2 rings (SSSR count). The molecule has 0 aromatic carbocycles. The van der Waals surface area contributed by atoms with Crippen LogP contribution >= 0.6 is 11.3 Å². The van der Waals surface area contributed by atoms with E-state index < -0.39 is 0 Å². The van der Waals surface area contributed by atoms with Gasteiger partial charge < -0.3 is 5.73 Å². The van der Waals surface area contributed by atoms with Gasteiger partial charge in [0.1, 0.15) is 0 Å². The molecule has 0 fully saturated rings. The summed E-state index contributed by atoms with van der Waals surface area (Å²) in [5.41, 5.74) is 6.55. The van der Waals surface area contributed by atoms with Crippen LogP contribution in [-0.2, 0) is 6.42 Å². The van der Waals surface area contributed by atoms with E-state index in [1.165, 1.54) is 11.3 Å². The number of anilines is 1. The van der Waals surface area contributed by atoms with E-state index in [1.807, 2.05) is 0 Å². The number of nitrogen functional groups attached to an aromatic ring is 1. The van der Waals surface area contributed by atoms with E-state index in [9.17, 15) is 4.79 Å². The second kappa shape index (κ2) is 3.93. The second-order valence-electron chi connectivity index (χ2n) is 4.65. The minimum Gasteiger partial charge on any atom is -0.375 e. The third-order valence-electron chi connectivity index (χ3n) is 2.73. The van der Waals surface area contributed by atoms with Gasteiger partial charge >= 0.3 is 0 Å². The van der Waals surface area contributed by atoms with Gasteiger partial charge in [0.2, 0.25) is 0 Å². The van der Waals surface area contributed by atoms with Crippen molar-refractivity contribution >= 4 is 22.3 Å². The number of carbonyl (C=O) groups excluding carboxylic acids is 1. The monoisotopic (exact) mass is 224 g/mol. The number of thiazole rings is 1. The van der Waals surface area contributed by atoms with Crippen LogP contribution in [0, 0.1) is 11.8 Å². The van der Waals surface area contributed by atoms with Crippen LogP contribution in [0.1, 0.15) is 42.1 Å². The van der Waals surface area contributed by atoms with Crippen molar-refractivity contribution in [3.05, 3.63) is 10.6 Å². The van der Waals surface area contributed by atoms with Crippen LogP contribution in [0.15, 0.2) is 0 Å². The summed E-state index contributed by atoms with van der Waals surface area (Å²) in [5, 5.41) is 0.526. The van der Waals surface area contributed by atoms with Gasteiger partial charge in [0.15, 0.2) is 10.9 Å². The third kappa shape index (κ3) is 2.20. The number of nitrogens with zero attached hydrogens (tertiary/aromatic N) is 1. The largest absolute Gasteiger partial charge is 0.375 e. The van der Waals surface area contributed by atoms with Crippen LogP contribution in [0.5, 0.6) is 0 Å². The molecule has 1 aliphatic rings. The maximum absolute atomic E-state index is 11.8. The summed E-state index contributed by atoms with van der Waals surface area (Å²) < 4.78 is 0. The number of nitrogens with two attached hydrogens (primary N) is 1. The first kappa shape index (κ1) is 10.6. The summed E-state index contributed by atoms with van der Waals surface area (Å²) in [6.45, 7) is 4.38. The number of aromatic nitrogens is 1. The van der Waals surface area contributed by atoms with Crippen molar-refractivity contribution < 1.29 is 4.79 Å². The summed E-state index contributed by atoms with van der Waals surface area (Å²) in [7, 11) is 0. The number of carbonyl (C=O) groups is 1. The van der Waals surface area contributed by atoms with Crippen molar-refractivity contribution in [2.45, 2.75) is 33.1 Å². The molecule has 82 valence electrons. The zero-order valence-corrected chi connectivity index (χ0v) is 9.93. The van der Waals surface area contributed by atoms with Gasteiger partial charge in [0.25, 0.3) is 0 Å². The van der Waals surface area contributed by atoms with Crippen molar-refractivity contribution in [1.82, 2.24) is 4.98 Å². The second-order valence-corrected chi connectivity index (χ2v) is 5.69. The first-order valence-corrected chi connectivity index (χ1v) is 6.16. The van der Waals surface area contributed by atoms with E-state index in [4.69, 9.17) is 5.73 Å². The molecule has 1 aromatic rings. The van der Waals surface area contributed by atoms with E-state index in [1.54, 1.807) is 0 Å². The van der Waals surface area contributed by atoms with Gasteiger partial charge in [0.05, 0.1) is 10.6 Å². The predicted octanol–water partition coefficient (Wildman–Crippen LogP) is 2.52. The first-order valence-electron chi connectivity index (χ1n) is 5.34. The summed E-state index contributed by atoms with van der Waals surface area (Å²) in [6, 6.07) is 0. The van der Waals surface area contributed by atoms with Crippen LogP contribution in [0.2, 0.25) is 0 Å². The molecule has 1 aromatic heterocycles. The Morgan fingerprint density at radius 3 is 2.93 bits per heavy atom. The van der Waals surface area contributed by atoms with E-state index in [0.29, 0.717) is 23.4 Å². The number of hydrogen-bond acceptors (Lipinski definition) is 4. The SMILES string of the molecule is CC(C)C[C@H]1CC(=O)c2sc(N)nc2C1. The van der Waals surface area contributed by atoms with Crippen LogP contribution < -0.4 is 5.73 Å². The van der Waals surface area contributed by atoms with Gasteiger partial charge in [-0.15, -0.1) is 0 Å². The Morgan fingerprint density at radius 2 is 2.27 bits per heavy atom. The Labute approximate surface area is 93.7 Å². The topological polar surface area (TPSA) is 56.0 Å². The van der Waals surface area contributed by atoms with Gasteiger partial charge in [-0.1, -0.05) is 25.2 Å². The van der Waals surface area contributed by atoms with Crippen molar-refractivity contribution in [2.24, 2.45) is 11.8 Å². The van der Waals surface area contributed by atoms with Crippen molar-refractivity contribution in [3.63, 3.8) is 0 Å². The average molecular weight is 224 g/mol. The molecule has 4 heteroatoms. The Balaban J connectivity index is 2.18. The molecule has 0 saturated carbocycles. The van der Waals surface area contributed by atoms with Crippen LogP contribution in [-0.4, -0.2) is 10.8 Å². The predicted molar refractivity (Wildman–Crippen MR) is 62.1 cm³/mol. The molecule has 1 aliphatic carbocycles. The maximum Gasteiger partial charge on any atom is 0.180 e. The summed E-state index contributed by atoms with van der Waals surface area (Å²) >= 11 is 1.34. The highest BCUT2D eigenvalue weighted by Crippen LogP contribution is 2.33. The maximum atomic E-state index is 11.8. The summed E-state index contributed by atoms with van der Waals surface area (Å²) in [5.74, 6) is 1.34. The van der Waals surface area contributed by atoms with E-state index in [2.05, 4.69) is 18.8 Å². The standard InChI is InChI=1S/C11H16N2OS/c1-6(2)3-7-4-8-10(9(14)5-7)15-11(12)13-8/h6-7H,3-5H2,1-2H3,(H2,12,13)/t7-/m1/s1. The van der Waals surface area contributed by atoms with Gasteiger partial charge in [-0.05, 0) is 24.7 Å². The van der Waals surface area contributed by atoms with E-state index >= 15 is 0 Å². The Morgan fingerprint density at radius 1 is 1.53 bits per heavy atom. The van der Waals surface area contributed by atoms with Crippen LogP contribution in [0.3, 0.4) is 0 Å². The number of ketones is 1. The lowest BCUT2D eigenvalue weighted by molar-refractivity contribution is 0.0946. The van der Waals surface area contributed by atoms with Crippen molar-refractivity contribution in [1.29, 1.82) is 0 Å². The summed E-state index contributed by atoms with van der Waals surface area (Å²) in [6.07, 6.45) is 2.70. The smallest absolute Gasteiger partial charge is 0.180 e. The molecule has 0 aliphatic heterocycles. The molecule has 15 heavy (non-hydrogen) atoms. The molecule has 1 atom stereocenters. The number of Topliss-reactive ketones (excluding diaryl/α,β-unsaturated/α-hetero) is 1. The molecular weight excluding hydrogens is 208 g/mol. The van der Waals surface area contributed by atoms with Gasteiger partial charge in [-0.25, -0.2) is 4.98 Å². The molecular formula is C11H16N2OS. The first-order chi connectivity index (χ1) is 7.06. The van der Waals surface area contributed by atoms with E-state index in [0.717, 1.165) is 23.4 Å². The van der Waals surface area contributed by atoms with Crippen LogP contribution in [0.25, 0.3) is 0 Å². The fraction of sp³-hybridized carbons (Fsp3) is 0.636. The van der Waals surface area contributed by atoms with Gasteiger partial charge in [0, 0.05) is 6.42 Å². The minimum absolute atomic E-state index is 0.233. The molecule has 1 heterocycles. The Hall–Kier alpha value is -0.900. The Bertz CT molecular complexity index is 384.